The monoisotopic (exact) mass is 477 g/mol. The van der Waals surface area contributed by atoms with Gasteiger partial charge < -0.3 is 19.6 Å². The Morgan fingerprint density at radius 3 is 1.68 bits per heavy atom. The molecule has 0 unspecified atom stereocenters. The van der Waals surface area contributed by atoms with Crippen LogP contribution in [0.15, 0.2) is 46.2 Å². The van der Waals surface area contributed by atoms with Crippen LogP contribution < -0.4 is 69.5 Å². The topological polar surface area (TPSA) is 163 Å². The van der Waals surface area contributed by atoms with Crippen molar-refractivity contribution in [2.45, 2.75) is 31.1 Å². The van der Waals surface area contributed by atoms with Crippen LogP contribution in [-0.4, -0.2) is 25.9 Å². The Hall–Kier alpha value is -0.594. The van der Waals surface area contributed by atoms with Crippen molar-refractivity contribution in [3.8, 4) is 0 Å². The number of benzene rings is 2. The zero-order chi connectivity index (χ0) is 19.4. The Kier molecular flexibility index (Phi) is 14.7. The number of hydrogen-bond donors (Lipinski definition) is 3. The van der Waals surface area contributed by atoms with Crippen LogP contribution in [-0.2, 0) is 20.2 Å². The van der Waals surface area contributed by atoms with Crippen LogP contribution in [0, 0.1) is 19.2 Å². The van der Waals surface area contributed by atoms with Crippen molar-refractivity contribution in [2.24, 2.45) is 0 Å². The van der Waals surface area contributed by atoms with Crippen LogP contribution >= 0.6 is 0 Å². The van der Waals surface area contributed by atoms with E-state index in [9.17, 15) is 16.8 Å². The molecule has 0 aliphatic heterocycles. The molecule has 0 aliphatic rings. The molecule has 152 valence electrons. The van der Waals surface area contributed by atoms with E-state index in [0.29, 0.717) is 11.3 Å². The third-order valence-corrected chi connectivity index (χ3v) is 4.83. The fourth-order valence-corrected chi connectivity index (χ4v) is 2.65. The van der Waals surface area contributed by atoms with Crippen LogP contribution in [0.1, 0.15) is 20.0 Å². The number of aryl methyl sites for hydroxylation is 2. The van der Waals surface area contributed by atoms with Crippen LogP contribution in [0.25, 0.3) is 4.98 Å². The molecule has 0 amide bonds. The number of halogens is 1. The van der Waals surface area contributed by atoms with Gasteiger partial charge in [0.25, 0.3) is 20.2 Å². The third kappa shape index (κ3) is 9.75. The largest absolute Gasteiger partial charge is 1.00 e. The van der Waals surface area contributed by atoms with E-state index in [2.05, 4.69) is 4.98 Å². The number of hydrogen-bond acceptors (Lipinski definition) is 6. The maximum absolute atomic E-state index is 10.6. The van der Waals surface area contributed by atoms with E-state index in [-0.39, 0.29) is 88.1 Å². The standard InChI is InChI=1S/C7H6N2O3S.C7H9NO3S.CH4.ClH.K.H/c1-5-2-3-6(13(10,11)12)4-7(5)9-8;1-5-2-3-6(4-7(5)8)12(9,10)11;;;;/h2-4H,1H3;2-4H,8H2,1H3,(H,9,10,11);1H4;1H;;/q;;;;+1;-1. The molecular formula is C15H21ClKN3O6S2. The van der Waals surface area contributed by atoms with Gasteiger partial charge in [-0.25, -0.2) is 0 Å². The summed E-state index contributed by atoms with van der Waals surface area (Å²) in [6.07, 6.45) is 0. The molecule has 2 aromatic rings. The number of diazo groups is 1. The summed E-state index contributed by atoms with van der Waals surface area (Å²) in [5.74, 6) is 0. The second-order valence-corrected chi connectivity index (χ2v) is 7.86. The van der Waals surface area contributed by atoms with Gasteiger partial charge in [0, 0.05) is 11.3 Å². The van der Waals surface area contributed by atoms with Crippen LogP contribution in [0.3, 0.4) is 0 Å². The van der Waals surface area contributed by atoms with Crippen molar-refractivity contribution < 1.29 is 91.2 Å². The molecule has 0 saturated heterocycles. The maximum Gasteiger partial charge on any atom is 1.00 e. The Balaban J connectivity index is -0.000000190. The van der Waals surface area contributed by atoms with Gasteiger partial charge in [-0.3, -0.25) is 9.11 Å². The van der Waals surface area contributed by atoms with Crippen LogP contribution in [0.5, 0.6) is 0 Å². The van der Waals surface area contributed by atoms with Crippen LogP contribution in [0.4, 0.5) is 11.4 Å². The van der Waals surface area contributed by atoms with Gasteiger partial charge in [-0.15, -0.1) is 0 Å². The molecule has 2 rings (SSSR count). The predicted octanol–water partition coefficient (Wildman–Crippen LogP) is -2.69. The number of nitrogen functional groups attached to an aromatic ring is 1. The van der Waals surface area contributed by atoms with E-state index in [1.807, 2.05) is 0 Å². The molecule has 28 heavy (non-hydrogen) atoms. The molecule has 0 atom stereocenters. The predicted molar refractivity (Wildman–Crippen MR) is 99.0 cm³/mol. The van der Waals surface area contributed by atoms with Crippen molar-refractivity contribution in [3.63, 3.8) is 0 Å². The summed E-state index contributed by atoms with van der Waals surface area (Å²) in [7, 11) is -8.35. The summed E-state index contributed by atoms with van der Waals surface area (Å²) < 4.78 is 59.8. The summed E-state index contributed by atoms with van der Waals surface area (Å²) >= 11 is 0. The molecule has 0 aromatic heterocycles. The van der Waals surface area contributed by atoms with Crippen molar-refractivity contribution in [3.05, 3.63) is 52.5 Å². The van der Waals surface area contributed by atoms with E-state index in [1.165, 1.54) is 24.3 Å². The Morgan fingerprint density at radius 1 is 0.929 bits per heavy atom. The smallest absolute Gasteiger partial charge is 1.00 e. The van der Waals surface area contributed by atoms with Crippen molar-refractivity contribution in [1.82, 2.24) is 0 Å². The number of anilines is 1. The molecule has 2 aromatic carbocycles. The number of rotatable bonds is 2. The van der Waals surface area contributed by atoms with E-state index in [4.69, 9.17) is 20.2 Å². The second kappa shape index (κ2) is 12.9. The first-order chi connectivity index (χ1) is 11.4. The Bertz CT molecular complexity index is 1060. The third-order valence-electron chi connectivity index (χ3n) is 3.13. The van der Waals surface area contributed by atoms with Crippen molar-refractivity contribution in [1.29, 1.82) is 5.39 Å². The molecule has 9 nitrogen and oxygen atoms in total. The van der Waals surface area contributed by atoms with Crippen molar-refractivity contribution in [2.75, 3.05) is 5.73 Å². The minimum absolute atomic E-state index is 0. The minimum atomic E-state index is -4.22. The van der Waals surface area contributed by atoms with E-state index < -0.39 is 20.2 Å². The normalized spacial score (nSPS) is 9.96. The fraction of sp³-hybridized carbons (Fsp3) is 0.200. The summed E-state index contributed by atoms with van der Waals surface area (Å²) in [4.78, 5) is 2.41. The summed E-state index contributed by atoms with van der Waals surface area (Å²) in [6.45, 7) is 3.41. The molecule has 0 spiro atoms. The first kappa shape index (κ1) is 32.1. The SMILES string of the molecule is C.Cc1ccc(S(=O)(=O)O)cc1N.Cc1ccc(S(=O)(=O)O)cc1[N+]#N.[Cl-].[H-].[K+]. The van der Waals surface area contributed by atoms with Gasteiger partial charge in [0.2, 0.25) is 5.39 Å². The van der Waals surface area contributed by atoms with Gasteiger partial charge in [-0.1, -0.05) is 13.5 Å². The van der Waals surface area contributed by atoms with E-state index >= 15 is 0 Å². The minimum Gasteiger partial charge on any atom is -1.00 e. The molecule has 0 heterocycles. The summed E-state index contributed by atoms with van der Waals surface area (Å²) in [5, 5.41) is 8.46. The first-order valence-corrected chi connectivity index (χ1v) is 9.51. The zero-order valence-electron chi connectivity index (χ0n) is 15.7. The molecule has 13 heteroatoms. The number of nitrogens with two attached hydrogens (primary N) is 1. The molecule has 0 bridgehead atoms. The van der Waals surface area contributed by atoms with Gasteiger partial charge in [-0.05, 0) is 43.7 Å². The van der Waals surface area contributed by atoms with Crippen LogP contribution in [0.2, 0.25) is 0 Å². The van der Waals surface area contributed by atoms with E-state index in [0.717, 1.165) is 11.6 Å². The zero-order valence-corrected chi connectivity index (χ0v) is 20.2. The van der Waals surface area contributed by atoms with E-state index in [1.54, 1.807) is 19.9 Å². The Morgan fingerprint density at radius 2 is 1.32 bits per heavy atom. The maximum atomic E-state index is 10.6. The quantitative estimate of drug-likeness (QED) is 0.182. The first-order valence-electron chi connectivity index (χ1n) is 6.63. The van der Waals surface area contributed by atoms with Gasteiger partial charge in [-0.2, -0.15) is 16.8 Å². The average Bonchev–Trinajstić information content (AvgIpc) is 2.49. The average molecular weight is 478 g/mol. The second-order valence-electron chi connectivity index (χ2n) is 5.02. The van der Waals surface area contributed by atoms with Gasteiger partial charge in [0.15, 0.2) is 4.98 Å². The Labute approximate surface area is 215 Å². The summed E-state index contributed by atoms with van der Waals surface area (Å²) in [6, 6.07) is 7.84. The molecule has 0 saturated carbocycles. The van der Waals surface area contributed by atoms with Crippen molar-refractivity contribution >= 4 is 31.6 Å². The molecule has 0 radical (unpaired) electrons. The van der Waals surface area contributed by atoms with Gasteiger partial charge in [0.05, 0.1) is 11.0 Å². The van der Waals surface area contributed by atoms with Gasteiger partial charge >= 0.3 is 57.1 Å². The fourth-order valence-electron chi connectivity index (χ4n) is 1.64. The molecule has 0 aliphatic carbocycles. The summed E-state index contributed by atoms with van der Waals surface area (Å²) in [5.41, 5.74) is 7.31. The molecule has 0 fully saturated rings. The molecular weight excluding hydrogens is 457 g/mol. The van der Waals surface area contributed by atoms with Gasteiger partial charge in [0.1, 0.15) is 4.90 Å². The molecule has 4 N–H and O–H groups in total. The number of nitrogens with zero attached hydrogens (tertiary/aromatic N) is 2.